The van der Waals surface area contributed by atoms with E-state index < -0.39 is 12.1 Å². The zero-order valence-corrected chi connectivity index (χ0v) is 53.9. The van der Waals surface area contributed by atoms with Crippen molar-refractivity contribution in [2.24, 2.45) is 0 Å². The fourth-order valence-electron chi connectivity index (χ4n) is 11.8. The van der Waals surface area contributed by atoms with Crippen molar-refractivity contribution >= 4 is 11.9 Å². The molecule has 6 nitrogen and oxygen atoms in total. The number of nitrogens with one attached hydrogen (secondary N) is 1. The molecule has 0 spiro atoms. The van der Waals surface area contributed by atoms with E-state index >= 15 is 0 Å². The SMILES string of the molecule is CCCCCCCCC/C=C\CCCCCCCC(=O)OCCCCCCCCCCCCCCCCCCCCCCCCCCCCCCCCCC(=O)NC(CO)C(O)CCCCCCCCCCCCCCCCC. The van der Waals surface area contributed by atoms with Gasteiger partial charge in [0.2, 0.25) is 5.91 Å². The first-order valence-corrected chi connectivity index (χ1v) is 36.4. The van der Waals surface area contributed by atoms with Crippen molar-refractivity contribution < 1.29 is 24.5 Å². The zero-order valence-electron chi connectivity index (χ0n) is 53.9. The first-order chi connectivity index (χ1) is 39.0. The Morgan fingerprint density at radius 2 is 0.595 bits per heavy atom. The largest absolute Gasteiger partial charge is 0.466 e. The third-order valence-corrected chi connectivity index (χ3v) is 17.3. The Kier molecular flexibility index (Phi) is 67.9. The molecular weight excluding hydrogens is 971 g/mol. The van der Waals surface area contributed by atoms with Gasteiger partial charge in [0, 0.05) is 12.8 Å². The summed E-state index contributed by atoms with van der Waals surface area (Å²) in [6, 6.07) is -0.537. The van der Waals surface area contributed by atoms with Gasteiger partial charge in [0.25, 0.3) is 0 Å². The van der Waals surface area contributed by atoms with Crippen LogP contribution in [-0.2, 0) is 14.3 Å². The van der Waals surface area contributed by atoms with Crippen LogP contribution in [0.1, 0.15) is 418 Å². The molecule has 0 fully saturated rings. The second kappa shape index (κ2) is 69.1. The Hall–Kier alpha value is -1.40. The molecule has 0 saturated carbocycles. The maximum absolute atomic E-state index is 12.5. The highest BCUT2D eigenvalue weighted by atomic mass is 16.5. The van der Waals surface area contributed by atoms with E-state index in [0.29, 0.717) is 25.9 Å². The molecule has 0 aromatic rings. The third-order valence-electron chi connectivity index (χ3n) is 17.3. The lowest BCUT2D eigenvalue weighted by atomic mass is 10.0. The average molecular weight is 1110 g/mol. The Bertz CT molecular complexity index is 1190. The summed E-state index contributed by atoms with van der Waals surface area (Å²) >= 11 is 0. The second-order valence-electron chi connectivity index (χ2n) is 25.3. The maximum atomic E-state index is 12.5. The number of unbranched alkanes of at least 4 members (excludes halogenated alkanes) is 56. The Balaban J connectivity index is 3.31. The number of amides is 1. The maximum Gasteiger partial charge on any atom is 0.305 e. The van der Waals surface area contributed by atoms with Crippen LogP contribution in [0.25, 0.3) is 0 Å². The van der Waals surface area contributed by atoms with E-state index in [4.69, 9.17) is 4.74 Å². The summed E-state index contributed by atoms with van der Waals surface area (Å²) in [7, 11) is 0. The van der Waals surface area contributed by atoms with Gasteiger partial charge in [-0.1, -0.05) is 366 Å². The number of hydrogen-bond acceptors (Lipinski definition) is 5. The Labute approximate surface area is 495 Å². The lowest BCUT2D eigenvalue weighted by Crippen LogP contribution is -2.45. The average Bonchev–Trinajstić information content (AvgIpc) is 3.45. The minimum atomic E-state index is -0.660. The van der Waals surface area contributed by atoms with Crippen molar-refractivity contribution in [1.82, 2.24) is 5.32 Å². The van der Waals surface area contributed by atoms with Gasteiger partial charge in [-0.3, -0.25) is 9.59 Å². The van der Waals surface area contributed by atoms with E-state index in [0.717, 1.165) is 44.9 Å². The Morgan fingerprint density at radius 1 is 0.342 bits per heavy atom. The number of carbonyl (C=O) groups excluding carboxylic acids is 2. The van der Waals surface area contributed by atoms with Gasteiger partial charge in [0.1, 0.15) is 0 Å². The molecule has 0 aromatic carbocycles. The Morgan fingerprint density at radius 3 is 0.899 bits per heavy atom. The molecule has 2 unspecified atom stereocenters. The van der Waals surface area contributed by atoms with E-state index in [1.807, 2.05) is 0 Å². The number of allylic oxidation sites excluding steroid dienone is 2. The highest BCUT2D eigenvalue weighted by molar-refractivity contribution is 5.76. The van der Waals surface area contributed by atoms with Crippen LogP contribution < -0.4 is 5.32 Å². The number of hydrogen-bond donors (Lipinski definition) is 3. The summed E-state index contributed by atoms with van der Waals surface area (Å²) in [5.74, 6) is -0.0130. The predicted molar refractivity (Wildman–Crippen MR) is 347 cm³/mol. The molecule has 0 heterocycles. The fourth-order valence-corrected chi connectivity index (χ4v) is 11.8. The van der Waals surface area contributed by atoms with E-state index in [-0.39, 0.29) is 18.5 Å². The molecule has 0 aliphatic carbocycles. The number of esters is 1. The van der Waals surface area contributed by atoms with Crippen LogP contribution in [-0.4, -0.2) is 47.4 Å². The first kappa shape index (κ1) is 77.6. The molecule has 0 aromatic heterocycles. The molecule has 0 rings (SSSR count). The van der Waals surface area contributed by atoms with Gasteiger partial charge in [-0.25, -0.2) is 0 Å². The van der Waals surface area contributed by atoms with Crippen LogP contribution in [0.4, 0.5) is 0 Å². The van der Waals surface area contributed by atoms with Gasteiger partial charge in [0.05, 0.1) is 25.4 Å². The van der Waals surface area contributed by atoms with Gasteiger partial charge in [0.15, 0.2) is 0 Å². The number of aliphatic hydroxyl groups is 2. The smallest absolute Gasteiger partial charge is 0.305 e. The van der Waals surface area contributed by atoms with E-state index in [2.05, 4.69) is 31.3 Å². The molecular formula is C73H143NO5. The summed E-state index contributed by atoms with van der Waals surface area (Å²) in [6.07, 6.45) is 85.6. The first-order valence-electron chi connectivity index (χ1n) is 36.4. The van der Waals surface area contributed by atoms with Crippen molar-refractivity contribution in [2.75, 3.05) is 13.2 Å². The number of aliphatic hydroxyl groups excluding tert-OH is 2. The number of carbonyl (C=O) groups is 2. The molecule has 2 atom stereocenters. The normalized spacial score (nSPS) is 12.5. The van der Waals surface area contributed by atoms with Crippen molar-refractivity contribution in [3.8, 4) is 0 Å². The molecule has 3 N–H and O–H groups in total. The van der Waals surface area contributed by atoms with Crippen LogP contribution in [0.5, 0.6) is 0 Å². The molecule has 0 aliphatic heterocycles. The predicted octanol–water partition coefficient (Wildman–Crippen LogP) is 23.5. The molecule has 0 saturated heterocycles. The highest BCUT2D eigenvalue weighted by Gasteiger charge is 2.20. The fraction of sp³-hybridized carbons (Fsp3) is 0.945. The quantitative estimate of drug-likeness (QED) is 0.0320. The zero-order chi connectivity index (χ0) is 57.1. The van der Waals surface area contributed by atoms with Crippen molar-refractivity contribution in [3.63, 3.8) is 0 Å². The van der Waals surface area contributed by atoms with Crippen LogP contribution >= 0.6 is 0 Å². The van der Waals surface area contributed by atoms with E-state index in [1.165, 1.54) is 340 Å². The monoisotopic (exact) mass is 1110 g/mol. The van der Waals surface area contributed by atoms with Crippen LogP contribution in [0, 0.1) is 0 Å². The lowest BCUT2D eigenvalue weighted by molar-refractivity contribution is -0.143. The van der Waals surface area contributed by atoms with E-state index in [1.54, 1.807) is 0 Å². The van der Waals surface area contributed by atoms with Crippen molar-refractivity contribution in [3.05, 3.63) is 12.2 Å². The van der Waals surface area contributed by atoms with Crippen LogP contribution in [0.15, 0.2) is 12.2 Å². The minimum Gasteiger partial charge on any atom is -0.466 e. The number of ether oxygens (including phenoxy) is 1. The lowest BCUT2D eigenvalue weighted by Gasteiger charge is -2.22. The summed E-state index contributed by atoms with van der Waals surface area (Å²) in [5, 5.41) is 23.3. The summed E-state index contributed by atoms with van der Waals surface area (Å²) in [4.78, 5) is 24.6. The minimum absolute atomic E-state index is 0.0143. The summed E-state index contributed by atoms with van der Waals surface area (Å²) < 4.78 is 5.50. The number of rotatable bonds is 69. The second-order valence-corrected chi connectivity index (χ2v) is 25.3. The van der Waals surface area contributed by atoms with Gasteiger partial charge in [-0.2, -0.15) is 0 Å². The van der Waals surface area contributed by atoms with Crippen molar-refractivity contribution in [1.29, 1.82) is 0 Å². The van der Waals surface area contributed by atoms with Crippen LogP contribution in [0.2, 0.25) is 0 Å². The van der Waals surface area contributed by atoms with Gasteiger partial charge < -0.3 is 20.3 Å². The highest BCUT2D eigenvalue weighted by Crippen LogP contribution is 2.19. The molecule has 0 aliphatic rings. The topological polar surface area (TPSA) is 95.9 Å². The van der Waals surface area contributed by atoms with Gasteiger partial charge in [-0.05, 0) is 51.4 Å². The van der Waals surface area contributed by atoms with Crippen molar-refractivity contribution in [2.45, 2.75) is 431 Å². The standard InChI is InChI=1S/C73H143NO5/c1-3-5-7-9-11-13-15-17-19-39-43-47-51-55-59-63-67-73(78)79-68-64-60-56-52-48-44-40-36-34-32-30-28-26-24-22-20-21-23-25-27-29-31-33-35-38-42-46-50-54-58-62-66-72(77)74-70(69-75)71(76)65-61-57-53-49-45-41-37-18-16-14-12-10-8-6-4-2/h19,39,70-71,75-76H,3-18,20-38,40-69H2,1-2H3,(H,74,77)/b39-19-. The molecule has 470 valence electrons. The van der Waals surface area contributed by atoms with E-state index in [9.17, 15) is 19.8 Å². The third kappa shape index (κ3) is 65.6. The van der Waals surface area contributed by atoms with Gasteiger partial charge >= 0.3 is 5.97 Å². The molecule has 0 bridgehead atoms. The molecule has 1 amide bonds. The summed E-state index contributed by atoms with van der Waals surface area (Å²) in [5.41, 5.74) is 0. The molecule has 79 heavy (non-hydrogen) atoms. The van der Waals surface area contributed by atoms with Crippen LogP contribution in [0.3, 0.4) is 0 Å². The van der Waals surface area contributed by atoms with Gasteiger partial charge in [-0.15, -0.1) is 0 Å². The molecule has 0 radical (unpaired) electrons. The summed E-state index contributed by atoms with van der Waals surface area (Å²) in [6.45, 7) is 4.99. The molecule has 6 heteroatoms.